The second-order valence-electron chi connectivity index (χ2n) is 5.75. The molecular weight excluding hydrogens is 315 g/mol. The molecule has 0 aliphatic rings. The highest BCUT2D eigenvalue weighted by Gasteiger charge is 2.00. The summed E-state index contributed by atoms with van der Waals surface area (Å²) >= 11 is 0. The first-order valence-corrected chi connectivity index (χ1v) is 8.38. The minimum absolute atomic E-state index is 0.210. The number of benzene rings is 2. The van der Waals surface area contributed by atoms with E-state index in [1.54, 1.807) is 18.5 Å². The van der Waals surface area contributed by atoms with Gasteiger partial charge in [-0.05, 0) is 36.1 Å². The van der Waals surface area contributed by atoms with E-state index in [2.05, 4.69) is 32.7 Å². The van der Waals surface area contributed by atoms with E-state index in [4.69, 9.17) is 0 Å². The summed E-state index contributed by atoms with van der Waals surface area (Å²) in [5.74, 6) is 1.37. The van der Waals surface area contributed by atoms with E-state index in [0.29, 0.717) is 0 Å². The second-order valence-corrected chi connectivity index (χ2v) is 5.75. The van der Waals surface area contributed by atoms with Crippen LogP contribution in [-0.4, -0.2) is 23.1 Å². The smallest absolute Gasteiger partial charge is 0.131 e. The molecule has 128 valence electrons. The fourth-order valence-electron chi connectivity index (χ4n) is 2.52. The highest BCUT2D eigenvalue weighted by atomic mass is 19.1. The average molecular weight is 336 g/mol. The van der Waals surface area contributed by atoms with Gasteiger partial charge in [0.15, 0.2) is 0 Å². The lowest BCUT2D eigenvalue weighted by molar-refractivity contribution is 0.627. The first-order chi connectivity index (χ1) is 12.3. The van der Waals surface area contributed by atoms with Gasteiger partial charge in [-0.25, -0.2) is 14.4 Å². The number of halogens is 1. The van der Waals surface area contributed by atoms with Gasteiger partial charge in [0.1, 0.15) is 23.8 Å². The summed E-state index contributed by atoms with van der Waals surface area (Å²) < 4.78 is 12.9. The zero-order valence-electron chi connectivity index (χ0n) is 14.0. The molecule has 0 aliphatic heterocycles. The lowest BCUT2D eigenvalue weighted by atomic mass is 10.1. The van der Waals surface area contributed by atoms with Crippen molar-refractivity contribution in [1.29, 1.82) is 0 Å². The number of aromatic nitrogens is 2. The quantitative estimate of drug-likeness (QED) is 0.654. The molecule has 2 aromatic carbocycles. The number of nitrogens with zero attached hydrogens (tertiary/aromatic N) is 2. The van der Waals surface area contributed by atoms with Crippen LogP contribution >= 0.6 is 0 Å². The average Bonchev–Trinajstić information content (AvgIpc) is 2.65. The van der Waals surface area contributed by atoms with Gasteiger partial charge in [0.25, 0.3) is 0 Å². The Hall–Kier alpha value is -2.95. The van der Waals surface area contributed by atoms with Crippen LogP contribution in [0.5, 0.6) is 0 Å². The van der Waals surface area contributed by atoms with Crippen LogP contribution in [0.25, 0.3) is 0 Å². The van der Waals surface area contributed by atoms with Crippen molar-refractivity contribution in [2.75, 3.05) is 23.7 Å². The van der Waals surface area contributed by atoms with Crippen LogP contribution < -0.4 is 10.6 Å². The molecule has 0 spiro atoms. The van der Waals surface area contributed by atoms with E-state index >= 15 is 0 Å². The van der Waals surface area contributed by atoms with Gasteiger partial charge in [-0.3, -0.25) is 0 Å². The Balaban J connectivity index is 1.45. The minimum atomic E-state index is -0.210. The summed E-state index contributed by atoms with van der Waals surface area (Å²) in [6, 6.07) is 18.8. The Labute approximate surface area is 147 Å². The van der Waals surface area contributed by atoms with Crippen LogP contribution in [0.2, 0.25) is 0 Å². The third-order valence-electron chi connectivity index (χ3n) is 3.86. The van der Waals surface area contributed by atoms with Gasteiger partial charge in [-0.1, -0.05) is 42.5 Å². The summed E-state index contributed by atoms with van der Waals surface area (Å²) in [7, 11) is 0. The first-order valence-electron chi connectivity index (χ1n) is 8.38. The molecule has 5 heteroatoms. The van der Waals surface area contributed by atoms with Crippen molar-refractivity contribution in [3.05, 3.63) is 83.9 Å². The number of hydrogen-bond acceptors (Lipinski definition) is 4. The zero-order valence-corrected chi connectivity index (χ0v) is 14.0. The van der Waals surface area contributed by atoms with Crippen LogP contribution in [0.4, 0.5) is 16.0 Å². The molecule has 1 heterocycles. The fourth-order valence-corrected chi connectivity index (χ4v) is 2.52. The molecule has 0 radical (unpaired) electrons. The van der Waals surface area contributed by atoms with Gasteiger partial charge in [0.2, 0.25) is 0 Å². The molecule has 0 aliphatic carbocycles. The van der Waals surface area contributed by atoms with Crippen molar-refractivity contribution < 1.29 is 4.39 Å². The van der Waals surface area contributed by atoms with Gasteiger partial charge < -0.3 is 10.6 Å². The molecular formula is C20H21FN4. The number of anilines is 2. The molecule has 0 atom stereocenters. The van der Waals surface area contributed by atoms with E-state index in [1.165, 1.54) is 17.7 Å². The van der Waals surface area contributed by atoms with E-state index in [9.17, 15) is 4.39 Å². The van der Waals surface area contributed by atoms with Crippen molar-refractivity contribution in [1.82, 2.24) is 9.97 Å². The molecule has 0 bridgehead atoms. The molecule has 3 rings (SSSR count). The lowest BCUT2D eigenvalue weighted by Gasteiger charge is -2.09. The molecule has 4 nitrogen and oxygen atoms in total. The minimum Gasteiger partial charge on any atom is -0.370 e. The normalized spacial score (nSPS) is 10.4. The summed E-state index contributed by atoms with van der Waals surface area (Å²) in [6.45, 7) is 1.54. The standard InChI is InChI=1S/C20H21FN4/c21-18-8-6-17(7-9-18)11-13-23-20-14-19(24-15-25-20)22-12-10-16-4-2-1-3-5-16/h1-9,14-15H,10-13H2,(H2,22,23,24,25). The molecule has 2 N–H and O–H groups in total. The molecule has 25 heavy (non-hydrogen) atoms. The summed E-state index contributed by atoms with van der Waals surface area (Å²) in [6.07, 6.45) is 3.30. The molecule has 0 amide bonds. The molecule has 0 unspecified atom stereocenters. The van der Waals surface area contributed by atoms with Gasteiger partial charge in [0.05, 0.1) is 0 Å². The summed E-state index contributed by atoms with van der Waals surface area (Å²) in [5.41, 5.74) is 2.38. The van der Waals surface area contributed by atoms with Crippen LogP contribution in [-0.2, 0) is 12.8 Å². The van der Waals surface area contributed by atoms with Crippen molar-refractivity contribution in [2.45, 2.75) is 12.8 Å². The SMILES string of the molecule is Fc1ccc(CCNc2cc(NCCc3ccccc3)ncn2)cc1. The van der Waals surface area contributed by atoms with Gasteiger partial charge in [0, 0.05) is 19.2 Å². The van der Waals surface area contributed by atoms with Crippen LogP contribution in [0, 0.1) is 5.82 Å². The van der Waals surface area contributed by atoms with Gasteiger partial charge in [-0.15, -0.1) is 0 Å². The number of nitrogens with one attached hydrogen (secondary N) is 2. The van der Waals surface area contributed by atoms with Gasteiger partial charge >= 0.3 is 0 Å². The predicted molar refractivity (Wildman–Crippen MR) is 99.3 cm³/mol. The highest BCUT2D eigenvalue weighted by Crippen LogP contribution is 2.10. The highest BCUT2D eigenvalue weighted by molar-refractivity contribution is 5.46. The molecule has 0 fully saturated rings. The van der Waals surface area contributed by atoms with Crippen molar-refractivity contribution in [2.24, 2.45) is 0 Å². The lowest BCUT2D eigenvalue weighted by Crippen LogP contribution is -2.09. The van der Waals surface area contributed by atoms with E-state index in [1.807, 2.05) is 24.3 Å². The molecule has 0 saturated carbocycles. The first kappa shape index (κ1) is 16.9. The number of hydrogen-bond donors (Lipinski definition) is 2. The van der Waals surface area contributed by atoms with Crippen LogP contribution in [0.1, 0.15) is 11.1 Å². The fraction of sp³-hybridized carbons (Fsp3) is 0.200. The molecule has 3 aromatic rings. The van der Waals surface area contributed by atoms with Gasteiger partial charge in [-0.2, -0.15) is 0 Å². The zero-order chi connectivity index (χ0) is 17.3. The van der Waals surface area contributed by atoms with E-state index in [-0.39, 0.29) is 5.82 Å². The third kappa shape index (κ3) is 5.57. The largest absolute Gasteiger partial charge is 0.370 e. The van der Waals surface area contributed by atoms with Crippen molar-refractivity contribution in [3.8, 4) is 0 Å². The molecule has 1 aromatic heterocycles. The van der Waals surface area contributed by atoms with E-state index in [0.717, 1.165) is 43.1 Å². The Kier molecular flexibility index (Phi) is 5.93. The summed E-state index contributed by atoms with van der Waals surface area (Å²) in [5, 5.41) is 6.59. The van der Waals surface area contributed by atoms with Crippen molar-refractivity contribution in [3.63, 3.8) is 0 Å². The van der Waals surface area contributed by atoms with Crippen molar-refractivity contribution >= 4 is 11.6 Å². The Morgan fingerprint density at radius 1 is 0.720 bits per heavy atom. The Bertz CT molecular complexity index is 775. The van der Waals surface area contributed by atoms with Crippen LogP contribution in [0.15, 0.2) is 67.0 Å². The summed E-state index contributed by atoms with van der Waals surface area (Å²) in [4.78, 5) is 8.47. The predicted octanol–water partition coefficient (Wildman–Crippen LogP) is 3.92. The molecule has 0 saturated heterocycles. The topological polar surface area (TPSA) is 49.8 Å². The number of rotatable bonds is 8. The Morgan fingerprint density at radius 2 is 1.28 bits per heavy atom. The third-order valence-corrected chi connectivity index (χ3v) is 3.86. The monoisotopic (exact) mass is 336 g/mol. The second kappa shape index (κ2) is 8.78. The maximum absolute atomic E-state index is 12.9. The maximum atomic E-state index is 12.9. The van der Waals surface area contributed by atoms with E-state index < -0.39 is 0 Å². The Morgan fingerprint density at radius 3 is 1.88 bits per heavy atom. The maximum Gasteiger partial charge on any atom is 0.131 e. The van der Waals surface area contributed by atoms with Crippen LogP contribution in [0.3, 0.4) is 0 Å².